The lowest BCUT2D eigenvalue weighted by Gasteiger charge is -2.46. The Hall–Kier alpha value is -1.89. The first-order valence-corrected chi connectivity index (χ1v) is 13.9. The zero-order valence-corrected chi connectivity index (χ0v) is 21.9. The fourth-order valence-electron chi connectivity index (χ4n) is 4.46. The van der Waals surface area contributed by atoms with Crippen LogP contribution in [0.4, 0.5) is 31.1 Å². The summed E-state index contributed by atoms with van der Waals surface area (Å²) in [5, 5.41) is 16.0. The average Bonchev–Trinajstić information content (AvgIpc) is 3.35. The van der Waals surface area contributed by atoms with Crippen LogP contribution in [0.5, 0.6) is 0 Å². The molecule has 1 atom stereocenters. The number of likely N-dealkylation sites (tertiary alicyclic amines) is 2. The van der Waals surface area contributed by atoms with Crippen molar-refractivity contribution in [3.8, 4) is 0 Å². The fourth-order valence-corrected chi connectivity index (χ4v) is 5.99. The van der Waals surface area contributed by atoms with Crippen LogP contribution in [-0.2, 0) is 24.3 Å². The Morgan fingerprint density at radius 3 is 2.05 bits per heavy atom. The molecule has 0 bridgehead atoms. The van der Waals surface area contributed by atoms with Crippen molar-refractivity contribution in [3.05, 3.63) is 0 Å². The van der Waals surface area contributed by atoms with E-state index in [9.17, 15) is 39.6 Å². The average molecular weight is 602 g/mol. The van der Waals surface area contributed by atoms with E-state index in [1.54, 1.807) is 0 Å². The third-order valence-electron chi connectivity index (χ3n) is 6.63. The highest BCUT2D eigenvalue weighted by Gasteiger charge is 2.46. The maximum absolute atomic E-state index is 12.8. The summed E-state index contributed by atoms with van der Waals surface area (Å²) in [6, 6.07) is 0. The van der Waals surface area contributed by atoms with Crippen molar-refractivity contribution in [2.24, 2.45) is 0 Å². The minimum absolute atomic E-state index is 0.0675. The van der Waals surface area contributed by atoms with Crippen LogP contribution in [0.2, 0.25) is 0 Å². The highest BCUT2D eigenvalue weighted by Crippen LogP contribution is 2.32. The molecule has 0 aromatic carbocycles. The van der Waals surface area contributed by atoms with Crippen molar-refractivity contribution < 1.29 is 64.0 Å². The second kappa shape index (κ2) is 13.6. The minimum Gasteiger partial charge on any atom is -0.475 e. The number of aliphatic hydroxyl groups is 1. The summed E-state index contributed by atoms with van der Waals surface area (Å²) < 4.78 is 107. The number of hydrogen-bond donors (Lipinski definition) is 2. The van der Waals surface area contributed by atoms with Gasteiger partial charge in [0.25, 0.3) is 0 Å². The van der Waals surface area contributed by atoms with Crippen LogP contribution in [0.15, 0.2) is 0 Å². The Kier molecular flexibility index (Phi) is 11.7. The number of carbonyl (C=O) groups excluding carboxylic acids is 1. The van der Waals surface area contributed by atoms with Gasteiger partial charge in [0.1, 0.15) is 0 Å². The van der Waals surface area contributed by atoms with E-state index in [0.717, 1.165) is 37.4 Å². The summed E-state index contributed by atoms with van der Waals surface area (Å²) in [5.41, 5.74) is -0.766. The smallest absolute Gasteiger partial charge is 0.475 e. The molecule has 3 saturated heterocycles. The number of rotatable bonds is 7. The number of halogens is 6. The van der Waals surface area contributed by atoms with Crippen molar-refractivity contribution in [3.63, 3.8) is 0 Å². The van der Waals surface area contributed by atoms with E-state index in [1.165, 1.54) is 4.31 Å². The Morgan fingerprint density at radius 1 is 1.00 bits per heavy atom. The molecule has 0 aromatic heterocycles. The van der Waals surface area contributed by atoms with E-state index in [4.69, 9.17) is 19.7 Å². The molecule has 3 fully saturated rings. The quantitative estimate of drug-likeness (QED) is 0.418. The topological polar surface area (TPSA) is 137 Å². The van der Waals surface area contributed by atoms with Gasteiger partial charge in [-0.05, 0) is 51.7 Å². The van der Waals surface area contributed by atoms with Gasteiger partial charge in [0.15, 0.2) is 0 Å². The van der Waals surface area contributed by atoms with Gasteiger partial charge in [0.05, 0.1) is 24.6 Å². The molecule has 11 nitrogen and oxygen atoms in total. The maximum atomic E-state index is 12.8. The third kappa shape index (κ3) is 10.2. The van der Waals surface area contributed by atoms with Gasteiger partial charge in [0.2, 0.25) is 16.1 Å². The molecule has 0 saturated carbocycles. The summed E-state index contributed by atoms with van der Waals surface area (Å²) in [5.74, 6) is -2.69. The lowest BCUT2D eigenvalue weighted by atomic mass is 9.90. The van der Waals surface area contributed by atoms with E-state index in [2.05, 4.69) is 9.64 Å². The summed E-state index contributed by atoms with van der Waals surface area (Å²) in [6.07, 6.45) is -10.2. The van der Waals surface area contributed by atoms with Crippen molar-refractivity contribution in [1.29, 1.82) is 0 Å². The number of carboxylic acids is 1. The van der Waals surface area contributed by atoms with Gasteiger partial charge in [-0.15, -0.1) is 0 Å². The molecule has 18 heteroatoms. The molecule has 0 radical (unpaired) electrons. The van der Waals surface area contributed by atoms with Crippen LogP contribution in [-0.4, -0.2) is 134 Å². The highest BCUT2D eigenvalue weighted by atomic mass is 32.2. The molecule has 228 valence electrons. The predicted octanol–water partition coefficient (Wildman–Crippen LogP) is 1.66. The van der Waals surface area contributed by atoms with Gasteiger partial charge >= 0.3 is 24.4 Å². The van der Waals surface area contributed by atoms with E-state index in [1.807, 2.05) is 0 Å². The summed E-state index contributed by atoms with van der Waals surface area (Å²) >= 11 is 0. The Balaban J connectivity index is 0.000000673. The molecule has 0 unspecified atom stereocenters. The number of alkyl halides is 6. The van der Waals surface area contributed by atoms with Crippen LogP contribution in [0.25, 0.3) is 0 Å². The van der Waals surface area contributed by atoms with Crippen molar-refractivity contribution in [1.82, 2.24) is 14.1 Å². The van der Waals surface area contributed by atoms with Crippen LogP contribution < -0.4 is 0 Å². The van der Waals surface area contributed by atoms with E-state index in [-0.39, 0.29) is 51.4 Å². The molecule has 3 aliphatic rings. The van der Waals surface area contributed by atoms with Crippen LogP contribution in [0.1, 0.15) is 32.1 Å². The van der Waals surface area contributed by atoms with Crippen LogP contribution in [0.3, 0.4) is 0 Å². The number of morpholine rings is 1. The summed E-state index contributed by atoms with van der Waals surface area (Å²) in [4.78, 5) is 24.4. The SMILES string of the molecule is O=C(O)C(F)(F)F.O=C(O[C@H](CO)C(F)(F)F)N1CCC2(CC1)CN(S(=O)(=O)CCCN1CCCC1)CCO2. The summed E-state index contributed by atoms with van der Waals surface area (Å²) in [6.45, 7) is 2.28. The molecular weight excluding hydrogens is 568 g/mol. The summed E-state index contributed by atoms with van der Waals surface area (Å²) in [7, 11) is -3.45. The highest BCUT2D eigenvalue weighted by molar-refractivity contribution is 7.89. The van der Waals surface area contributed by atoms with Crippen LogP contribution in [0, 0.1) is 0 Å². The second-order valence-corrected chi connectivity index (χ2v) is 11.6. The standard InChI is InChI=1S/C19H32F3N3O6S.C2HF3O2/c20-19(21,22)16(14-26)31-17(27)24-9-4-18(5-10-24)15-25(11-12-30-18)32(28,29)13-3-8-23-6-1-2-7-23;3-2(4,5)1(6)7/h16,26H,1-15H2;(H,6,7)/t16-;/m1./s1. The van der Waals surface area contributed by atoms with E-state index in [0.29, 0.717) is 6.42 Å². The number of nitrogens with zero attached hydrogens (tertiary/aromatic N) is 3. The zero-order chi connectivity index (χ0) is 29.5. The number of aliphatic hydroxyl groups excluding tert-OH is 1. The van der Waals surface area contributed by atoms with Gasteiger partial charge in [-0.3, -0.25) is 0 Å². The van der Waals surface area contributed by atoms with Gasteiger partial charge in [-0.1, -0.05) is 0 Å². The third-order valence-corrected chi connectivity index (χ3v) is 8.53. The first kappa shape index (κ1) is 33.3. The molecule has 0 aromatic rings. The zero-order valence-electron chi connectivity index (χ0n) is 21.0. The Bertz CT molecular complexity index is 920. The minimum atomic E-state index is -5.08. The fraction of sp³-hybridized carbons (Fsp3) is 0.905. The van der Waals surface area contributed by atoms with Gasteiger partial charge < -0.3 is 29.5 Å². The molecule has 39 heavy (non-hydrogen) atoms. The number of carbonyl (C=O) groups is 2. The molecule has 3 heterocycles. The lowest BCUT2D eigenvalue weighted by Crippen LogP contribution is -2.59. The van der Waals surface area contributed by atoms with Gasteiger partial charge in [-0.2, -0.15) is 30.6 Å². The number of ether oxygens (including phenoxy) is 2. The normalized spacial score (nSPS) is 21.8. The molecule has 0 aliphatic carbocycles. The first-order chi connectivity index (χ1) is 18.0. The maximum Gasteiger partial charge on any atom is 0.490 e. The number of piperidine rings is 1. The number of carboxylic acid groups (broad SMARTS) is 1. The van der Waals surface area contributed by atoms with Crippen LogP contribution >= 0.6 is 0 Å². The van der Waals surface area contributed by atoms with E-state index >= 15 is 0 Å². The number of hydrogen-bond acceptors (Lipinski definition) is 8. The Morgan fingerprint density at radius 2 is 1.56 bits per heavy atom. The molecule has 3 aliphatic heterocycles. The number of aliphatic carboxylic acids is 1. The second-order valence-electron chi connectivity index (χ2n) is 9.47. The Labute approximate surface area is 221 Å². The van der Waals surface area contributed by atoms with E-state index < -0.39 is 52.8 Å². The number of sulfonamides is 1. The predicted molar refractivity (Wildman–Crippen MR) is 122 cm³/mol. The monoisotopic (exact) mass is 601 g/mol. The van der Waals surface area contributed by atoms with Crippen molar-refractivity contribution in [2.75, 3.05) is 64.8 Å². The molecule has 3 rings (SSSR count). The van der Waals surface area contributed by atoms with Crippen molar-refractivity contribution in [2.45, 2.75) is 56.2 Å². The molecule has 1 spiro atoms. The largest absolute Gasteiger partial charge is 0.490 e. The van der Waals surface area contributed by atoms with Crippen molar-refractivity contribution >= 4 is 22.1 Å². The number of amides is 1. The molecule has 2 N–H and O–H groups in total. The molecular formula is C21H33F6N3O8S. The first-order valence-electron chi connectivity index (χ1n) is 12.3. The van der Waals surface area contributed by atoms with Gasteiger partial charge in [-0.25, -0.2) is 18.0 Å². The lowest BCUT2D eigenvalue weighted by molar-refractivity contribution is -0.215. The molecule has 1 amide bonds. The van der Waals surface area contributed by atoms with Gasteiger partial charge in [0, 0.05) is 26.2 Å².